The smallest absolute Gasteiger partial charge is 0.252 e. The van der Waals surface area contributed by atoms with Crippen LogP contribution in [0.2, 0.25) is 0 Å². The van der Waals surface area contributed by atoms with Crippen LogP contribution in [0.25, 0.3) is 0 Å². The predicted octanol–water partition coefficient (Wildman–Crippen LogP) is 5.68. The zero-order chi connectivity index (χ0) is 21.8. The summed E-state index contributed by atoms with van der Waals surface area (Å²) in [7, 11) is 0. The Morgan fingerprint density at radius 2 is 1.22 bits per heavy atom. The molecular weight excluding hydrogens is 392 g/mol. The fraction of sp³-hybridized carbons (Fsp3) is 0.103. The Bertz CT molecular complexity index is 1230. The Kier molecular flexibility index (Phi) is 5.63. The van der Waals surface area contributed by atoms with Crippen molar-refractivity contribution >= 4 is 17.3 Å². The maximum Gasteiger partial charge on any atom is 0.252 e. The lowest BCUT2D eigenvalue weighted by Gasteiger charge is -2.25. The molecule has 4 aromatic carbocycles. The second-order valence-corrected chi connectivity index (χ2v) is 7.98. The van der Waals surface area contributed by atoms with E-state index in [1.165, 1.54) is 0 Å². The Balaban J connectivity index is 1.64. The van der Waals surface area contributed by atoms with E-state index in [-0.39, 0.29) is 5.91 Å². The van der Waals surface area contributed by atoms with Crippen LogP contribution in [0.5, 0.6) is 0 Å². The first-order chi connectivity index (χ1) is 15.8. The molecule has 3 nitrogen and oxygen atoms in total. The largest absolute Gasteiger partial charge is 0.305 e. The van der Waals surface area contributed by atoms with Gasteiger partial charge in [-0.1, -0.05) is 109 Å². The number of amides is 1. The summed E-state index contributed by atoms with van der Waals surface area (Å²) >= 11 is 0. The topological polar surface area (TPSA) is 32.7 Å². The quantitative estimate of drug-likeness (QED) is 0.412. The first-order valence-electron chi connectivity index (χ1n) is 10.9. The van der Waals surface area contributed by atoms with Crippen LogP contribution in [-0.2, 0) is 17.8 Å². The van der Waals surface area contributed by atoms with Crippen molar-refractivity contribution in [3.63, 3.8) is 0 Å². The van der Waals surface area contributed by atoms with Gasteiger partial charge in [0.25, 0.3) is 5.91 Å². The molecule has 1 amide bonds. The van der Waals surface area contributed by atoms with Gasteiger partial charge in [-0.25, -0.2) is 0 Å². The van der Waals surface area contributed by atoms with Gasteiger partial charge in [0.05, 0.1) is 17.9 Å². The molecule has 0 radical (unpaired) electrons. The zero-order valence-corrected chi connectivity index (χ0v) is 17.8. The predicted molar refractivity (Wildman–Crippen MR) is 130 cm³/mol. The number of benzodiazepines with no additional fused rings is 1. The van der Waals surface area contributed by atoms with E-state index < -0.39 is 6.04 Å². The van der Waals surface area contributed by atoms with E-state index in [1.807, 2.05) is 77.7 Å². The molecule has 0 saturated carbocycles. The number of para-hydroxylation sites is 1. The van der Waals surface area contributed by atoms with E-state index in [2.05, 4.69) is 42.5 Å². The van der Waals surface area contributed by atoms with Crippen molar-refractivity contribution in [2.45, 2.75) is 19.0 Å². The zero-order valence-electron chi connectivity index (χ0n) is 17.8. The van der Waals surface area contributed by atoms with E-state index in [0.29, 0.717) is 13.0 Å². The first-order valence-corrected chi connectivity index (χ1v) is 10.9. The van der Waals surface area contributed by atoms with Crippen molar-refractivity contribution in [3.05, 3.63) is 138 Å². The molecule has 0 spiro atoms. The number of nitrogens with zero attached hydrogens (tertiary/aromatic N) is 2. The second-order valence-electron chi connectivity index (χ2n) is 7.98. The van der Waals surface area contributed by atoms with E-state index in [1.54, 1.807) is 0 Å². The lowest BCUT2D eigenvalue weighted by Crippen LogP contribution is -2.38. The number of carbonyl (C=O) groups is 1. The van der Waals surface area contributed by atoms with Crippen molar-refractivity contribution in [2.24, 2.45) is 4.99 Å². The highest BCUT2D eigenvalue weighted by Crippen LogP contribution is 2.30. The van der Waals surface area contributed by atoms with E-state index in [9.17, 15) is 4.79 Å². The van der Waals surface area contributed by atoms with E-state index in [4.69, 9.17) is 4.99 Å². The molecule has 0 aliphatic carbocycles. The third kappa shape index (κ3) is 4.10. The number of rotatable bonds is 5. The molecule has 0 N–H and O–H groups in total. The van der Waals surface area contributed by atoms with Crippen molar-refractivity contribution in [2.75, 3.05) is 4.90 Å². The Morgan fingerprint density at radius 3 is 1.91 bits per heavy atom. The summed E-state index contributed by atoms with van der Waals surface area (Å²) in [4.78, 5) is 20.9. The third-order valence-corrected chi connectivity index (χ3v) is 5.79. The standard InChI is InChI=1S/C29H24N2O/c32-29-26(20-22-12-4-1-5-13-22)30-28(24-16-8-3-9-17-24)25-18-10-11-19-27(25)31(29)21-23-14-6-2-7-15-23/h1-19,26H,20-21H2/t26-/m1/s1. The summed E-state index contributed by atoms with van der Waals surface area (Å²) in [5, 5.41) is 0. The lowest BCUT2D eigenvalue weighted by atomic mass is 10.00. The second kappa shape index (κ2) is 9.03. The molecule has 32 heavy (non-hydrogen) atoms. The van der Waals surface area contributed by atoms with Crippen LogP contribution in [0.4, 0.5) is 5.69 Å². The normalized spacial score (nSPS) is 15.6. The highest BCUT2D eigenvalue weighted by Gasteiger charge is 2.32. The highest BCUT2D eigenvalue weighted by atomic mass is 16.2. The van der Waals surface area contributed by atoms with Crippen LogP contribution in [0.15, 0.2) is 120 Å². The molecule has 1 atom stereocenters. The molecule has 156 valence electrons. The Morgan fingerprint density at radius 1 is 0.656 bits per heavy atom. The van der Waals surface area contributed by atoms with Crippen LogP contribution < -0.4 is 4.90 Å². The van der Waals surface area contributed by atoms with Gasteiger partial charge in [-0.05, 0) is 17.2 Å². The molecule has 0 fully saturated rings. The van der Waals surface area contributed by atoms with Gasteiger partial charge < -0.3 is 4.90 Å². The number of aliphatic imine (C=N–C) groups is 1. The maximum absolute atomic E-state index is 13.9. The molecule has 1 heterocycles. The van der Waals surface area contributed by atoms with Gasteiger partial charge in [0.1, 0.15) is 6.04 Å². The van der Waals surface area contributed by atoms with Gasteiger partial charge in [-0.3, -0.25) is 9.79 Å². The van der Waals surface area contributed by atoms with Gasteiger partial charge >= 0.3 is 0 Å². The van der Waals surface area contributed by atoms with Crippen molar-refractivity contribution < 1.29 is 4.79 Å². The van der Waals surface area contributed by atoms with Crippen molar-refractivity contribution in [1.29, 1.82) is 0 Å². The van der Waals surface area contributed by atoms with E-state index in [0.717, 1.165) is 33.7 Å². The maximum atomic E-state index is 13.9. The monoisotopic (exact) mass is 416 g/mol. The molecule has 0 bridgehead atoms. The molecule has 0 saturated heterocycles. The van der Waals surface area contributed by atoms with Crippen LogP contribution in [-0.4, -0.2) is 17.7 Å². The summed E-state index contributed by atoms with van der Waals surface area (Å²) in [6, 6.07) is 38.0. The summed E-state index contributed by atoms with van der Waals surface area (Å²) in [6.07, 6.45) is 0.565. The fourth-order valence-corrected chi connectivity index (χ4v) is 4.21. The van der Waals surface area contributed by atoms with Crippen LogP contribution in [0.1, 0.15) is 22.3 Å². The molecule has 1 aliphatic heterocycles. The average Bonchev–Trinajstić information content (AvgIpc) is 2.97. The molecule has 0 aromatic heterocycles. The fourth-order valence-electron chi connectivity index (χ4n) is 4.21. The molecular formula is C29H24N2O. The lowest BCUT2D eigenvalue weighted by molar-refractivity contribution is -0.119. The molecule has 4 aromatic rings. The average molecular weight is 417 g/mol. The van der Waals surface area contributed by atoms with Crippen molar-refractivity contribution in [1.82, 2.24) is 0 Å². The van der Waals surface area contributed by atoms with E-state index >= 15 is 0 Å². The minimum absolute atomic E-state index is 0.0242. The van der Waals surface area contributed by atoms with Crippen LogP contribution in [0.3, 0.4) is 0 Å². The third-order valence-electron chi connectivity index (χ3n) is 5.79. The number of anilines is 1. The first kappa shape index (κ1) is 20.0. The Labute approximate surface area is 188 Å². The van der Waals surface area contributed by atoms with Gasteiger partial charge in [-0.15, -0.1) is 0 Å². The van der Waals surface area contributed by atoms with Gasteiger partial charge in [0, 0.05) is 17.5 Å². The number of hydrogen-bond donors (Lipinski definition) is 0. The number of fused-ring (bicyclic) bond motifs is 1. The Hall–Kier alpha value is -3.98. The van der Waals surface area contributed by atoms with Gasteiger partial charge in [0.2, 0.25) is 0 Å². The van der Waals surface area contributed by atoms with Crippen molar-refractivity contribution in [3.8, 4) is 0 Å². The van der Waals surface area contributed by atoms with Gasteiger partial charge in [0.15, 0.2) is 0 Å². The number of benzene rings is 4. The number of carbonyl (C=O) groups excluding carboxylic acids is 1. The highest BCUT2D eigenvalue weighted by molar-refractivity contribution is 6.20. The molecule has 1 aliphatic rings. The summed E-state index contributed by atoms with van der Waals surface area (Å²) in [6.45, 7) is 0.513. The minimum Gasteiger partial charge on any atom is -0.305 e. The van der Waals surface area contributed by atoms with Crippen LogP contribution >= 0.6 is 0 Å². The number of hydrogen-bond acceptors (Lipinski definition) is 2. The molecule has 0 unspecified atom stereocenters. The molecule has 3 heteroatoms. The summed E-state index contributed by atoms with van der Waals surface area (Å²) < 4.78 is 0. The summed E-state index contributed by atoms with van der Waals surface area (Å²) in [5.74, 6) is 0.0242. The SMILES string of the molecule is O=C1[C@@H](Cc2ccccc2)N=C(c2ccccc2)c2ccccc2N1Cc1ccccc1. The van der Waals surface area contributed by atoms with Crippen LogP contribution in [0, 0.1) is 0 Å². The minimum atomic E-state index is -0.497. The summed E-state index contributed by atoms with van der Waals surface area (Å²) in [5.41, 5.74) is 5.97. The van der Waals surface area contributed by atoms with Gasteiger partial charge in [-0.2, -0.15) is 0 Å². The molecule has 5 rings (SSSR count).